The zero-order valence-electron chi connectivity index (χ0n) is 17.0. The summed E-state index contributed by atoms with van der Waals surface area (Å²) in [6.45, 7) is 4.27. The van der Waals surface area contributed by atoms with Crippen LogP contribution < -0.4 is 10.6 Å². The van der Waals surface area contributed by atoms with Gasteiger partial charge in [0.15, 0.2) is 11.8 Å². The van der Waals surface area contributed by atoms with Crippen molar-refractivity contribution < 1.29 is 4.74 Å². The molecule has 0 bridgehead atoms. The summed E-state index contributed by atoms with van der Waals surface area (Å²) in [5.74, 6) is 3.84. The fourth-order valence-electron chi connectivity index (χ4n) is 4.03. The number of nitrogens with one attached hydrogen (secondary N) is 2. The van der Waals surface area contributed by atoms with Gasteiger partial charge >= 0.3 is 0 Å². The number of rotatable bonds is 7. The zero-order valence-corrected chi connectivity index (χ0v) is 17.8. The largest absolute Gasteiger partial charge is 0.375 e. The molecule has 1 saturated carbocycles. The van der Waals surface area contributed by atoms with Crippen molar-refractivity contribution in [3.8, 4) is 0 Å². The van der Waals surface area contributed by atoms with E-state index in [4.69, 9.17) is 9.73 Å². The zero-order chi connectivity index (χ0) is 19.1. The Bertz CT molecular complexity index is 626. The first-order valence-electron chi connectivity index (χ1n) is 10.1. The normalized spacial score (nSPS) is 22.3. The number of aliphatic imine (C=N–C) groups is 1. The molecule has 3 rings (SSSR count). The first-order chi connectivity index (χ1) is 13.1. The highest BCUT2D eigenvalue weighted by Crippen LogP contribution is 2.39. The smallest absolute Gasteiger partial charge is 0.191 e. The van der Waals surface area contributed by atoms with Gasteiger partial charge in [-0.25, -0.2) is 4.99 Å². The molecule has 1 atom stereocenters. The van der Waals surface area contributed by atoms with Gasteiger partial charge in [0.2, 0.25) is 0 Å². The molecule has 7 nitrogen and oxygen atoms in total. The molecule has 1 saturated heterocycles. The van der Waals surface area contributed by atoms with E-state index in [-0.39, 0.29) is 5.60 Å². The van der Waals surface area contributed by atoms with Crippen molar-refractivity contribution in [2.24, 2.45) is 12.0 Å². The SMILES string of the molecule is CSCCCNC(=NCc1nnc(C)n1C)NC1CCOC2(CCCC2)C1. The van der Waals surface area contributed by atoms with E-state index < -0.39 is 0 Å². The molecule has 0 radical (unpaired) electrons. The third-order valence-corrected chi connectivity index (χ3v) is 6.42. The molecule has 0 amide bonds. The number of nitrogens with zero attached hydrogens (tertiary/aromatic N) is 4. The molecule has 1 aliphatic heterocycles. The molecule has 8 heteroatoms. The molecule has 1 aromatic rings. The van der Waals surface area contributed by atoms with Crippen molar-refractivity contribution in [1.82, 2.24) is 25.4 Å². The number of aromatic nitrogens is 3. The van der Waals surface area contributed by atoms with Gasteiger partial charge in [0, 0.05) is 26.2 Å². The Kier molecular flexibility index (Phi) is 7.41. The Labute approximate surface area is 167 Å². The summed E-state index contributed by atoms with van der Waals surface area (Å²) in [7, 11) is 1.99. The fraction of sp³-hybridized carbons (Fsp3) is 0.842. The highest BCUT2D eigenvalue weighted by Gasteiger charge is 2.40. The predicted octanol–water partition coefficient (Wildman–Crippen LogP) is 2.40. The lowest BCUT2D eigenvalue weighted by Gasteiger charge is -2.39. The number of hydrogen-bond donors (Lipinski definition) is 2. The van der Waals surface area contributed by atoms with Gasteiger partial charge in [0.1, 0.15) is 12.4 Å². The Morgan fingerprint density at radius 3 is 2.89 bits per heavy atom. The standard InChI is InChI=1S/C19H34N6OS/c1-15-23-24-17(25(15)2)14-21-18(20-10-6-12-27-3)22-16-7-11-26-19(13-16)8-4-5-9-19/h16H,4-14H2,1-3H3,(H2,20,21,22). The maximum atomic E-state index is 6.17. The average Bonchev–Trinajstić information content (AvgIpc) is 3.24. The molecule has 2 N–H and O–H groups in total. The van der Waals surface area contributed by atoms with Gasteiger partial charge in [-0.1, -0.05) is 12.8 Å². The summed E-state index contributed by atoms with van der Waals surface area (Å²) < 4.78 is 8.17. The van der Waals surface area contributed by atoms with Gasteiger partial charge in [-0.05, 0) is 51.0 Å². The van der Waals surface area contributed by atoms with Crippen LogP contribution in [0.25, 0.3) is 0 Å². The number of hydrogen-bond acceptors (Lipinski definition) is 5. The van der Waals surface area contributed by atoms with E-state index in [2.05, 4.69) is 27.1 Å². The molecule has 1 aromatic heterocycles. The molecule has 152 valence electrons. The summed E-state index contributed by atoms with van der Waals surface area (Å²) in [4.78, 5) is 4.80. The summed E-state index contributed by atoms with van der Waals surface area (Å²) >= 11 is 1.88. The third kappa shape index (κ3) is 5.60. The van der Waals surface area contributed by atoms with Crippen LogP contribution in [0.4, 0.5) is 0 Å². The molecule has 2 heterocycles. The van der Waals surface area contributed by atoms with E-state index in [0.29, 0.717) is 12.6 Å². The predicted molar refractivity (Wildman–Crippen MR) is 111 cm³/mol. The van der Waals surface area contributed by atoms with E-state index in [1.807, 2.05) is 30.3 Å². The number of thioether (sulfide) groups is 1. The van der Waals surface area contributed by atoms with Crippen molar-refractivity contribution >= 4 is 17.7 Å². The van der Waals surface area contributed by atoms with Crippen LogP contribution in [-0.2, 0) is 18.3 Å². The second-order valence-corrected chi connectivity index (χ2v) is 8.72. The second kappa shape index (κ2) is 9.78. The lowest BCUT2D eigenvalue weighted by Crippen LogP contribution is -2.50. The maximum Gasteiger partial charge on any atom is 0.191 e. The van der Waals surface area contributed by atoms with Crippen LogP contribution in [0.2, 0.25) is 0 Å². The van der Waals surface area contributed by atoms with Gasteiger partial charge in [0.05, 0.1) is 5.60 Å². The van der Waals surface area contributed by atoms with Crippen LogP contribution in [0, 0.1) is 6.92 Å². The Hall–Kier alpha value is -1.28. The molecular formula is C19H34N6OS. The highest BCUT2D eigenvalue weighted by atomic mass is 32.2. The topological polar surface area (TPSA) is 76.4 Å². The molecule has 27 heavy (non-hydrogen) atoms. The molecule has 0 aromatic carbocycles. The van der Waals surface area contributed by atoms with Crippen LogP contribution in [-0.4, -0.2) is 57.5 Å². The minimum atomic E-state index is 0.112. The second-order valence-electron chi connectivity index (χ2n) is 7.73. The van der Waals surface area contributed by atoms with Crippen LogP contribution in [0.15, 0.2) is 4.99 Å². The Morgan fingerprint density at radius 1 is 1.37 bits per heavy atom. The quantitative estimate of drug-likeness (QED) is 0.420. The minimum absolute atomic E-state index is 0.112. The van der Waals surface area contributed by atoms with Crippen molar-refractivity contribution in [1.29, 1.82) is 0 Å². The summed E-state index contributed by atoms with van der Waals surface area (Å²) in [5.41, 5.74) is 0.112. The van der Waals surface area contributed by atoms with Crippen molar-refractivity contribution in [2.75, 3.05) is 25.2 Å². The lowest BCUT2D eigenvalue weighted by molar-refractivity contribution is -0.0815. The van der Waals surface area contributed by atoms with Crippen molar-refractivity contribution in [3.05, 3.63) is 11.6 Å². The third-order valence-electron chi connectivity index (χ3n) is 5.73. The van der Waals surface area contributed by atoms with Crippen LogP contribution in [0.3, 0.4) is 0 Å². The molecule has 1 spiro atoms. The van der Waals surface area contributed by atoms with Crippen LogP contribution in [0.1, 0.15) is 56.6 Å². The monoisotopic (exact) mass is 394 g/mol. The van der Waals surface area contributed by atoms with E-state index in [9.17, 15) is 0 Å². The number of guanidine groups is 1. The van der Waals surface area contributed by atoms with Gasteiger partial charge in [-0.15, -0.1) is 10.2 Å². The van der Waals surface area contributed by atoms with E-state index in [1.54, 1.807) is 0 Å². The number of aryl methyl sites for hydroxylation is 1. The first-order valence-corrected chi connectivity index (χ1v) is 11.5. The van der Waals surface area contributed by atoms with Gasteiger partial charge in [0.25, 0.3) is 0 Å². The molecule has 2 aliphatic rings. The Morgan fingerprint density at radius 2 is 2.19 bits per heavy atom. The van der Waals surface area contributed by atoms with E-state index >= 15 is 0 Å². The lowest BCUT2D eigenvalue weighted by atomic mass is 9.89. The fourth-order valence-corrected chi connectivity index (χ4v) is 4.46. The van der Waals surface area contributed by atoms with Gasteiger partial charge < -0.3 is 19.9 Å². The van der Waals surface area contributed by atoms with Crippen LogP contribution >= 0.6 is 11.8 Å². The molecule has 1 unspecified atom stereocenters. The minimum Gasteiger partial charge on any atom is -0.375 e. The van der Waals surface area contributed by atoms with E-state index in [1.165, 1.54) is 25.7 Å². The highest BCUT2D eigenvalue weighted by molar-refractivity contribution is 7.98. The summed E-state index contributed by atoms with van der Waals surface area (Å²) in [6.07, 6.45) is 10.4. The molecule has 1 aliphatic carbocycles. The maximum absolute atomic E-state index is 6.17. The van der Waals surface area contributed by atoms with Gasteiger partial charge in [-0.3, -0.25) is 0 Å². The van der Waals surface area contributed by atoms with Crippen molar-refractivity contribution in [3.63, 3.8) is 0 Å². The molecular weight excluding hydrogens is 360 g/mol. The average molecular weight is 395 g/mol. The first kappa shape index (κ1) is 20.5. The van der Waals surface area contributed by atoms with Crippen molar-refractivity contribution in [2.45, 2.75) is 70.1 Å². The Balaban J connectivity index is 1.61. The summed E-state index contributed by atoms with van der Waals surface area (Å²) in [5, 5.41) is 15.5. The van der Waals surface area contributed by atoms with E-state index in [0.717, 1.165) is 55.8 Å². The van der Waals surface area contributed by atoms with Gasteiger partial charge in [-0.2, -0.15) is 11.8 Å². The molecule has 2 fully saturated rings. The summed E-state index contributed by atoms with van der Waals surface area (Å²) in [6, 6.07) is 0.421. The number of ether oxygens (including phenoxy) is 1. The van der Waals surface area contributed by atoms with Crippen LogP contribution in [0.5, 0.6) is 0 Å².